The molecular weight excluding hydrogens is 228 g/mol. The highest BCUT2D eigenvalue weighted by atomic mass is 35.5. The number of hydrogen-bond donors (Lipinski definition) is 1. The number of aliphatic hydroxyl groups is 1. The molecular formula is C11H10ClN2O2+. The lowest BCUT2D eigenvalue weighted by atomic mass is 10.2. The average Bonchev–Trinajstić information content (AvgIpc) is 2.27. The highest BCUT2D eigenvalue weighted by molar-refractivity contribution is 6.30. The van der Waals surface area contributed by atoms with Crippen molar-refractivity contribution in [2.24, 2.45) is 0 Å². The van der Waals surface area contributed by atoms with Crippen LogP contribution in [0.2, 0.25) is 5.02 Å². The summed E-state index contributed by atoms with van der Waals surface area (Å²) >= 11 is 5.73. The number of ether oxygens (including phenoxy) is 1. The lowest BCUT2D eigenvalue weighted by Gasteiger charge is -1.96. The van der Waals surface area contributed by atoms with E-state index in [-0.39, 0.29) is 6.61 Å². The molecule has 1 rings (SSSR count). The van der Waals surface area contributed by atoms with E-state index in [0.29, 0.717) is 5.02 Å². The number of halogens is 1. The summed E-state index contributed by atoms with van der Waals surface area (Å²) in [4.78, 5) is 2.61. The zero-order valence-corrected chi connectivity index (χ0v) is 9.13. The van der Waals surface area contributed by atoms with Crippen LogP contribution in [0.5, 0.6) is 0 Å². The van der Waals surface area contributed by atoms with E-state index >= 15 is 0 Å². The van der Waals surface area contributed by atoms with Crippen molar-refractivity contribution in [2.75, 3.05) is 6.61 Å². The molecule has 0 saturated carbocycles. The van der Waals surface area contributed by atoms with Gasteiger partial charge in [0, 0.05) is 5.02 Å². The van der Waals surface area contributed by atoms with Gasteiger partial charge in [0.05, 0.1) is 0 Å². The maximum atomic E-state index is 8.92. The first-order valence-corrected chi connectivity index (χ1v) is 4.88. The smallest absolute Gasteiger partial charge is 0.429 e. The second-order valence-electron chi connectivity index (χ2n) is 2.85. The molecule has 0 fully saturated rings. The maximum Gasteiger partial charge on any atom is 0.429 e. The SMILES string of the molecule is N#[N+]/C=C(\O)OC/C=C\c1ccc(Cl)cc1. The summed E-state index contributed by atoms with van der Waals surface area (Å²) < 4.78 is 4.78. The number of hydrogen-bond acceptors (Lipinski definition) is 3. The van der Waals surface area contributed by atoms with E-state index in [0.717, 1.165) is 11.8 Å². The summed E-state index contributed by atoms with van der Waals surface area (Å²) in [6, 6.07) is 7.28. The predicted molar refractivity (Wildman–Crippen MR) is 62.2 cm³/mol. The highest BCUT2D eigenvalue weighted by Gasteiger charge is 1.97. The van der Waals surface area contributed by atoms with Crippen LogP contribution in [0.3, 0.4) is 0 Å². The quantitative estimate of drug-likeness (QED) is 0.643. The number of benzene rings is 1. The second-order valence-corrected chi connectivity index (χ2v) is 3.28. The van der Waals surface area contributed by atoms with Crippen LogP contribution in [0.15, 0.2) is 42.5 Å². The number of diazo groups is 1. The Morgan fingerprint density at radius 1 is 1.44 bits per heavy atom. The molecule has 0 spiro atoms. The van der Waals surface area contributed by atoms with Crippen molar-refractivity contribution in [2.45, 2.75) is 0 Å². The minimum absolute atomic E-state index is 0.181. The fraction of sp³-hybridized carbons (Fsp3) is 0.0909. The van der Waals surface area contributed by atoms with Gasteiger partial charge in [-0.3, -0.25) is 0 Å². The van der Waals surface area contributed by atoms with Gasteiger partial charge in [0.25, 0.3) is 0 Å². The molecule has 16 heavy (non-hydrogen) atoms. The Kier molecular flexibility index (Phi) is 4.90. The summed E-state index contributed by atoms with van der Waals surface area (Å²) in [6.45, 7) is 0.181. The van der Waals surface area contributed by atoms with Gasteiger partial charge < -0.3 is 9.84 Å². The molecule has 0 unspecified atom stereocenters. The van der Waals surface area contributed by atoms with E-state index in [1.165, 1.54) is 0 Å². The number of nitrogens with zero attached hydrogens (tertiary/aromatic N) is 2. The standard InChI is InChI=1S/C11H9ClN2O2/c12-10-5-3-9(4-6-10)2-1-7-16-11(15)8-14-13/h1-6,8H,7H2/p+1/b2-1-,11-8+. The molecule has 0 bridgehead atoms. The molecule has 5 heteroatoms. The number of aliphatic hydroxyl groups excluding tert-OH is 1. The fourth-order valence-electron chi connectivity index (χ4n) is 0.978. The molecule has 0 atom stereocenters. The molecule has 0 aromatic heterocycles. The first-order valence-electron chi connectivity index (χ1n) is 4.50. The molecule has 1 N–H and O–H groups in total. The molecule has 1 aromatic carbocycles. The minimum atomic E-state index is -0.441. The summed E-state index contributed by atoms with van der Waals surface area (Å²) in [5.41, 5.74) is 0.975. The third kappa shape index (κ3) is 4.49. The Hall–Kier alpha value is -1.99. The molecule has 82 valence electrons. The molecule has 0 aliphatic rings. The van der Waals surface area contributed by atoms with Crippen LogP contribution in [-0.4, -0.2) is 11.7 Å². The largest absolute Gasteiger partial charge is 0.476 e. The third-order valence-corrected chi connectivity index (χ3v) is 1.93. The first kappa shape index (κ1) is 12.1. The lowest BCUT2D eigenvalue weighted by Crippen LogP contribution is -1.89. The molecule has 4 nitrogen and oxygen atoms in total. The fourth-order valence-corrected chi connectivity index (χ4v) is 1.10. The molecule has 1 aromatic rings. The molecule has 0 saturated heterocycles. The van der Waals surface area contributed by atoms with Crippen molar-refractivity contribution in [1.82, 2.24) is 0 Å². The maximum absolute atomic E-state index is 8.92. The minimum Gasteiger partial charge on any atom is -0.476 e. The Morgan fingerprint density at radius 2 is 2.12 bits per heavy atom. The summed E-state index contributed by atoms with van der Waals surface area (Å²) in [5, 5.41) is 17.7. The Bertz CT molecular complexity index is 432. The van der Waals surface area contributed by atoms with E-state index in [2.05, 4.69) is 4.98 Å². The third-order valence-electron chi connectivity index (χ3n) is 1.68. The Labute approximate surface area is 98.0 Å². The van der Waals surface area contributed by atoms with Gasteiger partial charge in [0.2, 0.25) is 5.39 Å². The van der Waals surface area contributed by atoms with E-state index < -0.39 is 5.95 Å². The van der Waals surface area contributed by atoms with Gasteiger partial charge in [-0.2, -0.15) is 0 Å². The van der Waals surface area contributed by atoms with Gasteiger partial charge in [0.1, 0.15) is 6.61 Å². The van der Waals surface area contributed by atoms with Gasteiger partial charge >= 0.3 is 12.1 Å². The van der Waals surface area contributed by atoms with Crippen molar-refractivity contribution in [3.8, 4) is 0 Å². The van der Waals surface area contributed by atoms with Gasteiger partial charge in [-0.05, 0) is 23.8 Å². The van der Waals surface area contributed by atoms with Crippen LogP contribution < -0.4 is 0 Å². The summed E-state index contributed by atoms with van der Waals surface area (Å²) in [7, 11) is 0. The van der Waals surface area contributed by atoms with Crippen LogP contribution in [-0.2, 0) is 4.74 Å². The zero-order valence-electron chi connectivity index (χ0n) is 8.38. The van der Waals surface area contributed by atoms with Gasteiger partial charge in [-0.1, -0.05) is 29.8 Å². The van der Waals surface area contributed by atoms with Crippen LogP contribution in [0.1, 0.15) is 5.56 Å². The number of rotatable bonds is 4. The molecule has 0 heterocycles. The van der Waals surface area contributed by atoms with Crippen molar-refractivity contribution in [3.05, 3.63) is 58.0 Å². The van der Waals surface area contributed by atoms with Crippen LogP contribution >= 0.6 is 11.6 Å². The van der Waals surface area contributed by atoms with Crippen LogP contribution in [0, 0.1) is 5.39 Å². The molecule has 0 aliphatic heterocycles. The van der Waals surface area contributed by atoms with E-state index in [9.17, 15) is 0 Å². The highest BCUT2D eigenvalue weighted by Crippen LogP contribution is 2.10. The summed E-state index contributed by atoms with van der Waals surface area (Å²) in [6.07, 6.45) is 4.33. The van der Waals surface area contributed by atoms with Crippen molar-refractivity contribution in [1.29, 1.82) is 5.39 Å². The monoisotopic (exact) mass is 237 g/mol. The average molecular weight is 238 g/mol. The zero-order chi connectivity index (χ0) is 11.8. The topological polar surface area (TPSA) is 57.6 Å². The Balaban J connectivity index is 2.41. The molecule has 0 amide bonds. The van der Waals surface area contributed by atoms with Gasteiger partial charge in [0.15, 0.2) is 4.98 Å². The van der Waals surface area contributed by atoms with Gasteiger partial charge in [-0.25, -0.2) is 0 Å². The predicted octanol–water partition coefficient (Wildman–Crippen LogP) is 3.58. The van der Waals surface area contributed by atoms with Crippen molar-refractivity contribution in [3.63, 3.8) is 0 Å². The van der Waals surface area contributed by atoms with E-state index in [1.54, 1.807) is 18.2 Å². The normalized spacial score (nSPS) is 11.4. The van der Waals surface area contributed by atoms with Crippen LogP contribution in [0.4, 0.5) is 0 Å². The van der Waals surface area contributed by atoms with Crippen molar-refractivity contribution < 1.29 is 9.84 Å². The van der Waals surface area contributed by atoms with E-state index in [1.807, 2.05) is 18.2 Å². The molecule has 0 aliphatic carbocycles. The van der Waals surface area contributed by atoms with Crippen LogP contribution in [0.25, 0.3) is 11.1 Å². The van der Waals surface area contributed by atoms with Gasteiger partial charge in [-0.15, -0.1) is 0 Å². The first-order chi connectivity index (χ1) is 7.72. The molecule has 0 radical (unpaired) electrons. The van der Waals surface area contributed by atoms with E-state index in [4.69, 9.17) is 26.8 Å². The second kappa shape index (κ2) is 6.49. The van der Waals surface area contributed by atoms with Crippen molar-refractivity contribution >= 4 is 17.7 Å². The Morgan fingerprint density at radius 3 is 2.75 bits per heavy atom. The summed E-state index contributed by atoms with van der Waals surface area (Å²) in [5.74, 6) is -0.441. The lowest BCUT2D eigenvalue weighted by molar-refractivity contribution is 0.113.